The standard InChI is InChI=1S/C40H53N3O4.C38H49N3O4.C38H49N3O2/c1-8-12-14-29(10-3)26-46-32-20-22-34(36(24-32)44-6)39-41-38(31-18-16-28(5)17-19-31)42-40(43-39)35-23-21-33(25-37(35)45-7)47-27-30(11-4)15-13-9-2;1-6-10-12-27(8-3)24-44-30-18-20-32(34(42)22-30)37-39-36(29-16-14-26(5)15-17-29)40-38(41-37)33-21-19-31(23-35(33)43)45-25-28(9-4)13-11-7-2;1-6-10-12-29(8-3)26-42-34-22-18-32(19-23-34)37-39-36(31-16-14-28(5)15-17-31)40-38(41-37)33-20-24-35(25-21-33)43-27-30(9-4)13-11-7-2/h16-25,29-30H,8-15,26-27H2,1-7H3;14-23,27-28,42-43H,6-13,24-25H2,1-5H3;14-25,29-30H,6-13,26-27H2,1-5H3. The van der Waals surface area contributed by atoms with Gasteiger partial charge in [0.2, 0.25) is 0 Å². The number of phenols is 2. The van der Waals surface area contributed by atoms with Gasteiger partial charge >= 0.3 is 0 Å². The fourth-order valence-corrected chi connectivity index (χ4v) is 15.9. The molecule has 0 fully saturated rings. The van der Waals surface area contributed by atoms with E-state index < -0.39 is 0 Å². The molecule has 3 aromatic heterocycles. The molecular formula is C116H151N9O10. The van der Waals surface area contributed by atoms with Gasteiger partial charge in [0.15, 0.2) is 52.4 Å². The van der Waals surface area contributed by atoms with Crippen molar-refractivity contribution >= 4 is 0 Å². The number of phenolic OH excluding ortho intramolecular Hbond substituents is 2. The van der Waals surface area contributed by atoms with Crippen molar-refractivity contribution in [2.75, 3.05) is 53.9 Å². The number of methoxy groups -OCH3 is 2. The average Bonchev–Trinajstić information content (AvgIpc) is 0.787. The SMILES string of the molecule is CCCCC(CC)COc1ccc(-c2nc(-c3ccc(C)cc3)nc(-c3ccc(OCC(CC)CCCC)cc3)n2)cc1.CCCCC(CC)COc1ccc(-c2nc(-c3ccc(C)cc3)nc(-c3ccc(OCC(CC)CCCC)cc3O)n2)c(O)c1.CCCCC(CC)COc1ccc(-c2nc(-c3ccc(C)cc3)nc(-c3ccc(OCC(CC)CCCC)cc3OC)n2)c(OC)c1. The van der Waals surface area contributed by atoms with Gasteiger partial charge < -0.3 is 48.1 Å². The summed E-state index contributed by atoms with van der Waals surface area (Å²) in [6, 6.07) is 62.8. The summed E-state index contributed by atoms with van der Waals surface area (Å²) >= 11 is 0. The Morgan fingerprint density at radius 1 is 0.222 bits per heavy atom. The van der Waals surface area contributed by atoms with E-state index in [-0.39, 0.29) is 11.5 Å². The molecule has 0 saturated heterocycles. The Morgan fingerprint density at radius 3 is 0.622 bits per heavy atom. The van der Waals surface area contributed by atoms with E-state index in [1.807, 2.05) is 140 Å². The van der Waals surface area contributed by atoms with Crippen LogP contribution in [0.15, 0.2) is 194 Å². The molecule has 19 nitrogen and oxygen atoms in total. The minimum atomic E-state index is 0.0163. The summed E-state index contributed by atoms with van der Waals surface area (Å²) in [7, 11) is 3.32. The first-order valence-electron chi connectivity index (χ1n) is 50.3. The first kappa shape index (κ1) is 105. The first-order chi connectivity index (χ1) is 65.8. The number of hydrogen-bond acceptors (Lipinski definition) is 19. The van der Waals surface area contributed by atoms with E-state index in [1.54, 1.807) is 38.5 Å². The van der Waals surface area contributed by atoms with Crippen LogP contribution < -0.4 is 37.9 Å². The molecule has 720 valence electrons. The van der Waals surface area contributed by atoms with Gasteiger partial charge in [-0.05, 0) is 192 Å². The van der Waals surface area contributed by atoms with Crippen molar-refractivity contribution in [3.05, 3.63) is 211 Å². The number of aromatic nitrogens is 9. The highest BCUT2D eigenvalue weighted by Gasteiger charge is 2.24. The van der Waals surface area contributed by atoms with Gasteiger partial charge in [-0.2, -0.15) is 0 Å². The molecule has 135 heavy (non-hydrogen) atoms. The molecule has 12 rings (SSSR count). The molecule has 0 saturated carbocycles. The van der Waals surface area contributed by atoms with Crippen molar-refractivity contribution in [3.63, 3.8) is 0 Å². The molecular weight excluding hydrogens is 1680 g/mol. The number of benzene rings is 9. The maximum Gasteiger partial charge on any atom is 0.167 e. The number of nitrogens with zero attached hydrogens (tertiary/aromatic N) is 9. The normalized spacial score (nSPS) is 12.5. The maximum atomic E-state index is 11.1. The van der Waals surface area contributed by atoms with E-state index in [2.05, 4.69) is 133 Å². The average molecular weight is 1830 g/mol. The van der Waals surface area contributed by atoms with Crippen LogP contribution in [-0.2, 0) is 0 Å². The van der Waals surface area contributed by atoms with Gasteiger partial charge in [0, 0.05) is 52.1 Å². The van der Waals surface area contributed by atoms with Crippen molar-refractivity contribution in [1.82, 2.24) is 44.9 Å². The van der Waals surface area contributed by atoms with E-state index >= 15 is 0 Å². The predicted molar refractivity (Wildman–Crippen MR) is 552 cm³/mol. The number of aryl methyl sites for hydroxylation is 3. The second kappa shape index (κ2) is 56.4. The van der Waals surface area contributed by atoms with Gasteiger partial charge in [-0.3, -0.25) is 0 Å². The molecule has 0 amide bonds. The summed E-state index contributed by atoms with van der Waals surface area (Å²) in [6.07, 6.45) is 28.1. The van der Waals surface area contributed by atoms with Gasteiger partial charge in [0.1, 0.15) is 57.5 Å². The minimum Gasteiger partial charge on any atom is -0.507 e. The Bertz CT molecular complexity index is 5230. The Kier molecular flexibility index (Phi) is 43.9. The summed E-state index contributed by atoms with van der Waals surface area (Å²) in [5.74, 6) is 13.6. The number of ether oxygens (including phenoxy) is 8. The smallest absolute Gasteiger partial charge is 0.167 e. The van der Waals surface area contributed by atoms with E-state index in [4.69, 9.17) is 82.8 Å². The Hall–Kier alpha value is -12.0. The van der Waals surface area contributed by atoms with Crippen molar-refractivity contribution in [2.24, 2.45) is 35.5 Å². The molecule has 9 aromatic carbocycles. The molecule has 19 heteroatoms. The van der Waals surface area contributed by atoms with Crippen molar-refractivity contribution in [3.8, 4) is 160 Å². The van der Waals surface area contributed by atoms with Crippen LogP contribution in [0.3, 0.4) is 0 Å². The monoisotopic (exact) mass is 1830 g/mol. The molecule has 0 aliphatic heterocycles. The van der Waals surface area contributed by atoms with Gasteiger partial charge in [0.05, 0.1) is 76.1 Å². The highest BCUT2D eigenvalue weighted by molar-refractivity contribution is 5.76. The minimum absolute atomic E-state index is 0.0163. The molecule has 0 aliphatic rings. The first-order valence-corrected chi connectivity index (χ1v) is 50.3. The molecule has 0 radical (unpaired) electrons. The second-order valence-corrected chi connectivity index (χ2v) is 36.0. The highest BCUT2D eigenvalue weighted by Crippen LogP contribution is 2.41. The van der Waals surface area contributed by atoms with Crippen LogP contribution in [-0.4, -0.2) is 109 Å². The lowest BCUT2D eigenvalue weighted by atomic mass is 10.0. The van der Waals surface area contributed by atoms with Crippen LogP contribution in [0, 0.1) is 56.3 Å². The van der Waals surface area contributed by atoms with Gasteiger partial charge in [-0.1, -0.05) is 288 Å². The zero-order valence-electron chi connectivity index (χ0n) is 83.8. The van der Waals surface area contributed by atoms with Crippen molar-refractivity contribution < 1.29 is 48.1 Å². The fraction of sp³-hybridized carbons (Fsp3) is 0.457. The molecule has 12 aromatic rings. The Morgan fingerprint density at radius 2 is 0.407 bits per heavy atom. The molecule has 0 spiro atoms. The van der Waals surface area contributed by atoms with Crippen molar-refractivity contribution in [2.45, 2.75) is 258 Å². The molecule has 2 N–H and O–H groups in total. The molecule has 6 unspecified atom stereocenters. The summed E-state index contributed by atoms with van der Waals surface area (Å²) in [6.45, 7) is 36.9. The topological polar surface area (TPSA) is 230 Å². The number of aromatic hydroxyl groups is 2. The van der Waals surface area contributed by atoms with Crippen LogP contribution in [0.2, 0.25) is 0 Å². The number of rotatable bonds is 53. The molecule has 6 atom stereocenters. The van der Waals surface area contributed by atoms with Gasteiger partial charge in [-0.15, -0.1) is 0 Å². The lowest BCUT2D eigenvalue weighted by Gasteiger charge is -2.17. The molecule has 0 bridgehead atoms. The van der Waals surface area contributed by atoms with Crippen LogP contribution in [0.25, 0.3) is 102 Å². The summed E-state index contributed by atoms with van der Waals surface area (Å²) in [4.78, 5) is 43.7. The summed E-state index contributed by atoms with van der Waals surface area (Å²) < 4.78 is 48.6. The fourth-order valence-electron chi connectivity index (χ4n) is 15.9. The zero-order valence-corrected chi connectivity index (χ0v) is 83.8. The maximum absolute atomic E-state index is 11.1. The molecule has 3 heterocycles. The van der Waals surface area contributed by atoms with Gasteiger partial charge in [-0.25, -0.2) is 44.9 Å². The largest absolute Gasteiger partial charge is 0.507 e. The van der Waals surface area contributed by atoms with Gasteiger partial charge in [0.25, 0.3) is 0 Å². The Labute approximate surface area is 806 Å². The second-order valence-electron chi connectivity index (χ2n) is 36.0. The Balaban J connectivity index is 0.000000210. The summed E-state index contributed by atoms with van der Waals surface area (Å²) in [5, 5.41) is 22.2. The lowest BCUT2D eigenvalue weighted by Crippen LogP contribution is -2.11. The predicted octanol–water partition coefficient (Wildman–Crippen LogP) is 30.5. The van der Waals surface area contributed by atoms with Crippen molar-refractivity contribution in [1.29, 1.82) is 0 Å². The van der Waals surface area contributed by atoms with E-state index in [0.29, 0.717) is 148 Å². The third-order valence-electron chi connectivity index (χ3n) is 25.5. The van der Waals surface area contributed by atoms with E-state index in [9.17, 15) is 10.2 Å². The van der Waals surface area contributed by atoms with E-state index in [1.165, 1.54) is 108 Å². The lowest BCUT2D eigenvalue weighted by molar-refractivity contribution is 0.232. The van der Waals surface area contributed by atoms with Crippen LogP contribution >= 0.6 is 0 Å². The highest BCUT2D eigenvalue weighted by atomic mass is 16.5. The third kappa shape index (κ3) is 32.6. The van der Waals surface area contributed by atoms with Crippen LogP contribution in [0.4, 0.5) is 0 Å². The zero-order chi connectivity index (χ0) is 96.2. The van der Waals surface area contributed by atoms with Crippen LogP contribution in [0.5, 0.6) is 57.5 Å². The van der Waals surface area contributed by atoms with E-state index in [0.717, 1.165) is 138 Å². The third-order valence-corrected chi connectivity index (χ3v) is 25.5. The number of unbranched alkanes of at least 4 members (excludes halogenated alkanes) is 6. The number of hydrogen-bond donors (Lipinski definition) is 2. The summed E-state index contributed by atoms with van der Waals surface area (Å²) in [5.41, 5.74) is 10.4. The van der Waals surface area contributed by atoms with Crippen LogP contribution in [0.1, 0.15) is 254 Å². The quantitative estimate of drug-likeness (QED) is 0.0361. The molecule has 0 aliphatic carbocycles.